The summed E-state index contributed by atoms with van der Waals surface area (Å²) in [5, 5.41) is 2.27. The number of nitrogens with zero attached hydrogens (tertiary/aromatic N) is 7. The third-order valence-corrected chi connectivity index (χ3v) is 10.5. The van der Waals surface area contributed by atoms with Crippen molar-refractivity contribution < 1.29 is 19.1 Å². The molecular weight excluding hydrogens is 644 g/mol. The number of imide groups is 1. The number of carbonyl (C=O) groups excluding carboxylic acids is 3. The summed E-state index contributed by atoms with van der Waals surface area (Å²) >= 11 is 0. The first-order valence-corrected chi connectivity index (χ1v) is 17.8. The summed E-state index contributed by atoms with van der Waals surface area (Å²) in [6.45, 7) is 9.13. The van der Waals surface area contributed by atoms with Crippen molar-refractivity contribution in [3.05, 3.63) is 114 Å². The molecule has 0 radical (unpaired) electrons. The molecule has 51 heavy (non-hydrogen) atoms. The maximum Gasteiger partial charge on any atom is 0.255 e. The normalized spacial score (nSPS) is 20.2. The van der Waals surface area contributed by atoms with Gasteiger partial charge in [0.2, 0.25) is 5.91 Å². The summed E-state index contributed by atoms with van der Waals surface area (Å²) in [5.41, 5.74) is 3.60. The fourth-order valence-corrected chi connectivity index (χ4v) is 7.56. The van der Waals surface area contributed by atoms with Crippen LogP contribution in [0.1, 0.15) is 39.9 Å². The molecule has 12 nitrogen and oxygen atoms in total. The number of carbonyl (C=O) groups is 3. The van der Waals surface area contributed by atoms with Gasteiger partial charge < -0.3 is 19.4 Å². The van der Waals surface area contributed by atoms with Crippen LogP contribution >= 0.6 is 0 Å². The van der Waals surface area contributed by atoms with E-state index < -0.39 is 17.9 Å². The number of benzene rings is 2. The van der Waals surface area contributed by atoms with E-state index in [-0.39, 0.29) is 12.5 Å². The molecule has 0 unspecified atom stereocenters. The van der Waals surface area contributed by atoms with E-state index in [1.54, 1.807) is 24.7 Å². The van der Waals surface area contributed by atoms with E-state index in [2.05, 4.69) is 61.4 Å². The molecule has 12 heteroatoms. The van der Waals surface area contributed by atoms with E-state index in [0.29, 0.717) is 17.9 Å². The lowest BCUT2D eigenvalue weighted by Crippen LogP contribution is -2.49. The van der Waals surface area contributed by atoms with Gasteiger partial charge in [0, 0.05) is 82.0 Å². The number of ether oxygens (including phenoxy) is 1. The molecule has 1 atom stereocenters. The van der Waals surface area contributed by atoms with Gasteiger partial charge >= 0.3 is 0 Å². The highest BCUT2D eigenvalue weighted by atomic mass is 16.5. The zero-order valence-corrected chi connectivity index (χ0v) is 28.6. The average molecular weight is 687 g/mol. The van der Waals surface area contributed by atoms with E-state index in [9.17, 15) is 14.4 Å². The molecule has 8 rings (SSSR count). The fourth-order valence-electron chi connectivity index (χ4n) is 7.56. The van der Waals surface area contributed by atoms with Crippen molar-refractivity contribution in [1.82, 2.24) is 34.6 Å². The molecule has 4 aliphatic heterocycles. The number of imidazole rings is 1. The zero-order chi connectivity index (χ0) is 34.7. The summed E-state index contributed by atoms with van der Waals surface area (Å²) in [5.74, 6) is 2.08. The number of hydrogen-bond acceptors (Lipinski definition) is 9. The first kappa shape index (κ1) is 32.9. The predicted molar refractivity (Wildman–Crippen MR) is 191 cm³/mol. The van der Waals surface area contributed by atoms with Crippen molar-refractivity contribution in [3.8, 4) is 11.6 Å². The van der Waals surface area contributed by atoms with Crippen molar-refractivity contribution >= 4 is 23.5 Å². The van der Waals surface area contributed by atoms with Crippen LogP contribution < -0.4 is 15.0 Å². The largest absolute Gasteiger partial charge is 0.489 e. The molecule has 0 bridgehead atoms. The van der Waals surface area contributed by atoms with Crippen molar-refractivity contribution in [3.63, 3.8) is 0 Å². The van der Waals surface area contributed by atoms with Gasteiger partial charge in [-0.3, -0.25) is 29.2 Å². The number of aromatic nitrogens is 3. The molecule has 2 aromatic heterocycles. The van der Waals surface area contributed by atoms with Crippen molar-refractivity contribution in [2.24, 2.45) is 5.92 Å². The van der Waals surface area contributed by atoms with Gasteiger partial charge in [0.15, 0.2) is 0 Å². The van der Waals surface area contributed by atoms with Crippen LogP contribution in [-0.4, -0.2) is 98.8 Å². The molecule has 0 aliphatic carbocycles. The van der Waals surface area contributed by atoms with E-state index in [1.807, 2.05) is 22.9 Å². The second kappa shape index (κ2) is 14.5. The minimum atomic E-state index is -0.823. The number of piperidine rings is 1. The number of nitrogens with one attached hydrogen (secondary N) is 1. The van der Waals surface area contributed by atoms with E-state index in [0.717, 1.165) is 74.5 Å². The Kier molecular flexibility index (Phi) is 9.33. The van der Waals surface area contributed by atoms with Gasteiger partial charge in [-0.1, -0.05) is 36.4 Å². The number of piperazine rings is 1. The van der Waals surface area contributed by atoms with Gasteiger partial charge in [0.05, 0.1) is 6.54 Å². The third-order valence-electron chi connectivity index (χ3n) is 10.5. The Morgan fingerprint density at radius 1 is 0.824 bits per heavy atom. The number of anilines is 1. The second-order valence-electron chi connectivity index (χ2n) is 13.8. The van der Waals surface area contributed by atoms with Crippen LogP contribution in [0.25, 0.3) is 5.82 Å². The summed E-state index contributed by atoms with van der Waals surface area (Å²) in [6.07, 6.45) is 10.6. The van der Waals surface area contributed by atoms with Gasteiger partial charge in [-0.25, -0.2) is 9.97 Å². The highest BCUT2D eigenvalue weighted by molar-refractivity contribution is 6.09. The van der Waals surface area contributed by atoms with E-state index in [4.69, 9.17) is 9.72 Å². The van der Waals surface area contributed by atoms with Gasteiger partial charge in [-0.15, -0.1) is 0 Å². The highest BCUT2D eigenvalue weighted by Crippen LogP contribution is 2.33. The topological polar surface area (TPSA) is 116 Å². The van der Waals surface area contributed by atoms with Crippen LogP contribution in [0, 0.1) is 5.92 Å². The fraction of sp³-hybridized carbons (Fsp3) is 0.359. The molecule has 2 fully saturated rings. The van der Waals surface area contributed by atoms with Crippen LogP contribution in [0.5, 0.6) is 5.75 Å². The zero-order valence-electron chi connectivity index (χ0n) is 28.6. The van der Waals surface area contributed by atoms with Crippen LogP contribution in [0.3, 0.4) is 0 Å². The maximum absolute atomic E-state index is 13.1. The third kappa shape index (κ3) is 7.28. The molecular formula is C39H42N8O4. The number of amides is 3. The smallest absolute Gasteiger partial charge is 0.255 e. The van der Waals surface area contributed by atoms with Gasteiger partial charge in [-0.05, 0) is 60.2 Å². The van der Waals surface area contributed by atoms with Gasteiger partial charge in [0.25, 0.3) is 11.8 Å². The summed E-state index contributed by atoms with van der Waals surface area (Å²) in [6, 6.07) is 19.4. The minimum Gasteiger partial charge on any atom is -0.489 e. The lowest BCUT2D eigenvalue weighted by molar-refractivity contribution is -0.131. The Hall–Kier alpha value is -5.33. The molecule has 6 heterocycles. The van der Waals surface area contributed by atoms with Crippen LogP contribution in [0.15, 0.2) is 91.5 Å². The quantitative estimate of drug-likeness (QED) is 0.251. The lowest BCUT2D eigenvalue weighted by Gasteiger charge is -2.39. The first-order chi connectivity index (χ1) is 25.0. The molecule has 4 aliphatic rings. The molecule has 3 amide bonds. The number of hydrogen-bond donors (Lipinski definition) is 1. The average Bonchev–Trinajstić information content (AvgIpc) is 3.82. The van der Waals surface area contributed by atoms with Gasteiger partial charge in [-0.2, -0.15) is 0 Å². The lowest BCUT2D eigenvalue weighted by atomic mass is 9.96. The number of rotatable bonds is 10. The summed E-state index contributed by atoms with van der Waals surface area (Å²) in [7, 11) is 0. The summed E-state index contributed by atoms with van der Waals surface area (Å²) in [4.78, 5) is 55.1. The van der Waals surface area contributed by atoms with Crippen LogP contribution in [-0.2, 0) is 29.3 Å². The van der Waals surface area contributed by atoms with E-state index in [1.165, 1.54) is 42.0 Å². The molecule has 2 aromatic carbocycles. The van der Waals surface area contributed by atoms with Crippen molar-refractivity contribution in [1.29, 1.82) is 0 Å². The number of pyridine rings is 1. The van der Waals surface area contributed by atoms with Gasteiger partial charge in [0.1, 0.15) is 36.4 Å². The molecule has 0 spiro atoms. The van der Waals surface area contributed by atoms with Crippen LogP contribution in [0.4, 0.5) is 5.82 Å². The minimum absolute atomic E-state index is 0.243. The Bertz CT molecular complexity index is 1910. The Morgan fingerprint density at radius 2 is 1.57 bits per heavy atom. The summed E-state index contributed by atoms with van der Waals surface area (Å²) < 4.78 is 8.15. The van der Waals surface area contributed by atoms with E-state index >= 15 is 0 Å². The SMILES string of the molecule is O=C1C=C[C@H](N2Cc3c(OCc4ccc(CN5CCN(CC6CCN(c7cccc(-n8ccnc8)n7)CC6)CC5)cc4)cccc3C2=O)C(=O)N1. The Labute approximate surface area is 297 Å². The highest BCUT2D eigenvalue weighted by Gasteiger charge is 2.38. The van der Waals surface area contributed by atoms with Crippen LogP contribution in [0.2, 0.25) is 0 Å². The van der Waals surface area contributed by atoms with Crippen molar-refractivity contribution in [2.75, 3.05) is 50.7 Å². The molecule has 1 N–H and O–H groups in total. The number of fused-ring (bicyclic) bond motifs is 1. The second-order valence-corrected chi connectivity index (χ2v) is 13.8. The monoisotopic (exact) mass is 686 g/mol. The molecule has 2 saturated heterocycles. The molecule has 262 valence electrons. The Balaban J connectivity index is 0.774. The standard InChI is InChI=1S/C39H42N8O4/c48-37-12-11-33(38(49)42-37)47-25-32-31(39(47)50)3-1-4-34(32)51-26-30-9-7-28(8-10-30)23-43-19-21-44(22-20-43)24-29-13-16-45(17-14-29)35-5-2-6-36(41-35)46-18-15-40-27-46/h1-12,15,18,27,29,33H,13-14,16-17,19-26H2,(H,42,48,49)/t33-/m0/s1. The molecule has 0 saturated carbocycles. The first-order valence-electron chi connectivity index (χ1n) is 17.8. The Morgan fingerprint density at radius 3 is 2.33 bits per heavy atom. The predicted octanol–water partition coefficient (Wildman–Crippen LogP) is 3.42. The maximum atomic E-state index is 13.1. The van der Waals surface area contributed by atoms with Crippen molar-refractivity contribution in [2.45, 2.75) is 38.6 Å². The molecule has 4 aromatic rings.